The maximum Gasteiger partial charge on any atom is 0.135 e. The Hall–Kier alpha value is -6.84. The van der Waals surface area contributed by atoms with Crippen LogP contribution in [0.2, 0.25) is 0 Å². The summed E-state index contributed by atoms with van der Waals surface area (Å²) in [4.78, 5) is 0. The van der Waals surface area contributed by atoms with Crippen LogP contribution in [0.1, 0.15) is 0 Å². The second kappa shape index (κ2) is 10.8. The Labute approximate surface area is 293 Å². The summed E-state index contributed by atoms with van der Waals surface area (Å²) in [6, 6.07) is 65.7. The van der Waals surface area contributed by atoms with Crippen molar-refractivity contribution in [1.82, 2.24) is 9.13 Å². The summed E-state index contributed by atoms with van der Waals surface area (Å²) in [6.07, 6.45) is 0. The number of aromatic nitrogens is 2. The molecule has 0 atom stereocenters. The lowest BCUT2D eigenvalue weighted by Gasteiger charge is -2.15. The Morgan fingerprint density at radius 1 is 0.275 bits per heavy atom. The molecule has 0 saturated heterocycles. The highest BCUT2D eigenvalue weighted by Crippen LogP contribution is 2.39. The van der Waals surface area contributed by atoms with Crippen molar-refractivity contribution < 1.29 is 4.42 Å². The van der Waals surface area contributed by atoms with Crippen LogP contribution in [-0.2, 0) is 0 Å². The third-order valence-corrected chi connectivity index (χ3v) is 10.5. The molecule has 0 aliphatic rings. The molecular weight excluding hydrogens is 621 g/mol. The van der Waals surface area contributed by atoms with E-state index in [-0.39, 0.29) is 0 Å². The zero-order chi connectivity index (χ0) is 33.5. The summed E-state index contributed by atoms with van der Waals surface area (Å²) in [6.45, 7) is 0. The molecule has 3 aromatic heterocycles. The van der Waals surface area contributed by atoms with Crippen LogP contribution in [0, 0.1) is 0 Å². The highest BCUT2D eigenvalue weighted by atomic mass is 16.3. The van der Waals surface area contributed by atoms with Gasteiger partial charge in [0.2, 0.25) is 0 Å². The van der Waals surface area contributed by atoms with Gasteiger partial charge in [-0.15, -0.1) is 0 Å². The molecule has 11 rings (SSSR count). The summed E-state index contributed by atoms with van der Waals surface area (Å²) in [5.41, 5.74) is 13.5. The average Bonchev–Trinajstić information content (AvgIpc) is 3.85. The smallest absolute Gasteiger partial charge is 0.135 e. The number of para-hydroxylation sites is 5. The highest BCUT2D eigenvalue weighted by molar-refractivity contribution is 6.11. The number of hydrogen-bond donors (Lipinski definition) is 0. The van der Waals surface area contributed by atoms with E-state index in [9.17, 15) is 0 Å². The van der Waals surface area contributed by atoms with Gasteiger partial charge in [0.05, 0.1) is 22.1 Å². The standard InChI is InChI=1S/C48H30N2O/c1-6-19-43-37(14-1)38-15-2-7-20-44(38)49(43)35-13-11-12-31(27-35)33-26-34(32-24-25-48-42(30-32)41-18-5-10-23-47(41)51-48)29-36(28-33)50-45-21-8-3-16-39(45)40-17-4-9-22-46(40)50/h1-30H. The van der Waals surface area contributed by atoms with E-state index in [1.54, 1.807) is 0 Å². The second-order valence-corrected chi connectivity index (χ2v) is 13.4. The molecule has 0 aliphatic carbocycles. The van der Waals surface area contributed by atoms with Crippen molar-refractivity contribution in [2.45, 2.75) is 0 Å². The quantitative estimate of drug-likeness (QED) is 0.186. The molecule has 0 saturated carbocycles. The normalized spacial score (nSPS) is 11.9. The topological polar surface area (TPSA) is 23.0 Å². The van der Waals surface area contributed by atoms with Gasteiger partial charge in [-0.1, -0.05) is 109 Å². The van der Waals surface area contributed by atoms with Gasteiger partial charge in [-0.25, -0.2) is 0 Å². The number of nitrogens with zero attached hydrogens (tertiary/aromatic N) is 2. The molecule has 3 heterocycles. The lowest BCUT2D eigenvalue weighted by atomic mass is 9.96. The zero-order valence-electron chi connectivity index (χ0n) is 27.6. The Morgan fingerprint density at radius 3 is 1.31 bits per heavy atom. The summed E-state index contributed by atoms with van der Waals surface area (Å²) in [5.74, 6) is 0. The number of furan rings is 1. The molecule has 8 aromatic carbocycles. The molecular formula is C48H30N2O. The van der Waals surface area contributed by atoms with Crippen LogP contribution < -0.4 is 0 Å². The molecule has 0 fully saturated rings. The van der Waals surface area contributed by atoms with Crippen molar-refractivity contribution in [2.75, 3.05) is 0 Å². The Bertz CT molecular complexity index is 3050. The lowest BCUT2D eigenvalue weighted by Crippen LogP contribution is -1.97. The van der Waals surface area contributed by atoms with Gasteiger partial charge in [0.15, 0.2) is 0 Å². The summed E-state index contributed by atoms with van der Waals surface area (Å²) < 4.78 is 11.0. The molecule has 3 nitrogen and oxygen atoms in total. The third-order valence-electron chi connectivity index (χ3n) is 10.5. The van der Waals surface area contributed by atoms with Crippen molar-refractivity contribution in [3.05, 3.63) is 182 Å². The molecule has 0 N–H and O–H groups in total. The van der Waals surface area contributed by atoms with E-state index in [0.717, 1.165) is 55.6 Å². The molecule has 0 unspecified atom stereocenters. The monoisotopic (exact) mass is 650 g/mol. The maximum absolute atomic E-state index is 6.22. The van der Waals surface area contributed by atoms with Crippen molar-refractivity contribution in [1.29, 1.82) is 0 Å². The van der Waals surface area contributed by atoms with Crippen LogP contribution >= 0.6 is 0 Å². The Kier molecular flexibility index (Phi) is 5.96. The number of fused-ring (bicyclic) bond motifs is 9. The van der Waals surface area contributed by atoms with Gasteiger partial charge in [0.1, 0.15) is 11.2 Å². The zero-order valence-corrected chi connectivity index (χ0v) is 27.6. The molecule has 238 valence electrons. The Balaban J connectivity index is 1.17. The van der Waals surface area contributed by atoms with Crippen molar-refractivity contribution >= 4 is 65.6 Å². The van der Waals surface area contributed by atoms with E-state index < -0.39 is 0 Å². The second-order valence-electron chi connectivity index (χ2n) is 13.4. The van der Waals surface area contributed by atoms with Crippen molar-refractivity contribution in [3.63, 3.8) is 0 Å². The summed E-state index contributed by atoms with van der Waals surface area (Å²) in [7, 11) is 0. The SMILES string of the molecule is c1cc(-c2cc(-c3ccc4oc5ccccc5c4c3)cc(-n3c4ccccc4c4ccccc43)c2)cc(-n2c3ccccc3c3ccccc32)c1. The molecule has 0 bridgehead atoms. The fraction of sp³-hybridized carbons (Fsp3) is 0. The molecule has 0 spiro atoms. The van der Waals surface area contributed by atoms with Gasteiger partial charge in [-0.2, -0.15) is 0 Å². The molecule has 11 aromatic rings. The highest BCUT2D eigenvalue weighted by Gasteiger charge is 2.17. The van der Waals surface area contributed by atoms with Gasteiger partial charge in [0.25, 0.3) is 0 Å². The lowest BCUT2D eigenvalue weighted by molar-refractivity contribution is 0.669. The molecule has 0 amide bonds. The van der Waals surface area contributed by atoms with Crippen LogP contribution in [0.3, 0.4) is 0 Å². The first-order valence-electron chi connectivity index (χ1n) is 17.4. The molecule has 0 aliphatic heterocycles. The van der Waals surface area contributed by atoms with Crippen LogP contribution in [0.15, 0.2) is 186 Å². The molecule has 3 heteroatoms. The van der Waals surface area contributed by atoms with E-state index in [2.05, 4.69) is 179 Å². The third kappa shape index (κ3) is 4.25. The van der Waals surface area contributed by atoms with E-state index in [1.165, 1.54) is 43.6 Å². The van der Waals surface area contributed by atoms with Crippen molar-refractivity contribution in [2.24, 2.45) is 0 Å². The summed E-state index contributed by atoms with van der Waals surface area (Å²) >= 11 is 0. The van der Waals surface area contributed by atoms with E-state index in [4.69, 9.17) is 4.42 Å². The molecule has 0 radical (unpaired) electrons. The maximum atomic E-state index is 6.22. The van der Waals surface area contributed by atoms with Gasteiger partial charge >= 0.3 is 0 Å². The fourth-order valence-corrected chi connectivity index (χ4v) is 8.21. The molecule has 51 heavy (non-hydrogen) atoms. The first kappa shape index (κ1) is 28.0. The minimum atomic E-state index is 0.901. The number of benzene rings is 8. The number of rotatable bonds is 4. The average molecular weight is 651 g/mol. The van der Waals surface area contributed by atoms with Crippen LogP contribution in [0.25, 0.3) is 99.2 Å². The van der Waals surface area contributed by atoms with E-state index >= 15 is 0 Å². The van der Waals surface area contributed by atoms with Gasteiger partial charge in [0, 0.05) is 43.7 Å². The van der Waals surface area contributed by atoms with E-state index in [1.807, 2.05) is 12.1 Å². The predicted molar refractivity (Wildman–Crippen MR) is 213 cm³/mol. The minimum absolute atomic E-state index is 0.901. The largest absolute Gasteiger partial charge is 0.456 e. The van der Waals surface area contributed by atoms with Crippen molar-refractivity contribution in [3.8, 4) is 33.6 Å². The van der Waals surface area contributed by atoms with Crippen LogP contribution in [0.4, 0.5) is 0 Å². The predicted octanol–water partition coefficient (Wildman–Crippen LogP) is 13.1. The van der Waals surface area contributed by atoms with Gasteiger partial charge in [-0.05, 0) is 95.1 Å². The van der Waals surface area contributed by atoms with Gasteiger partial charge < -0.3 is 13.6 Å². The first-order valence-corrected chi connectivity index (χ1v) is 17.4. The summed E-state index contributed by atoms with van der Waals surface area (Å²) in [5, 5.41) is 7.28. The van der Waals surface area contributed by atoms with Crippen LogP contribution in [0.5, 0.6) is 0 Å². The minimum Gasteiger partial charge on any atom is -0.456 e. The fourth-order valence-electron chi connectivity index (χ4n) is 8.21. The van der Waals surface area contributed by atoms with Crippen LogP contribution in [-0.4, -0.2) is 9.13 Å². The number of hydrogen-bond acceptors (Lipinski definition) is 1. The Morgan fingerprint density at radius 2 is 0.725 bits per heavy atom. The van der Waals surface area contributed by atoms with E-state index in [0.29, 0.717) is 0 Å². The first-order chi connectivity index (χ1) is 25.3. The van der Waals surface area contributed by atoms with Gasteiger partial charge in [-0.3, -0.25) is 0 Å².